The topological polar surface area (TPSA) is 72.7 Å². The van der Waals surface area contributed by atoms with Crippen LogP contribution in [0, 0.1) is 5.82 Å². The maximum Gasteiger partial charge on any atom is 0.352 e. The number of fused-ring (bicyclic) bond motifs is 1. The number of nitrogens with one attached hydrogen (secondary N) is 1. The second-order valence-electron chi connectivity index (χ2n) is 8.09. The van der Waals surface area contributed by atoms with Gasteiger partial charge in [0.25, 0.3) is 0 Å². The van der Waals surface area contributed by atoms with E-state index in [9.17, 15) is 14.3 Å². The Kier molecular flexibility index (Phi) is 7.58. The molecule has 0 unspecified atom stereocenters. The van der Waals surface area contributed by atoms with Crippen molar-refractivity contribution in [2.24, 2.45) is 0 Å². The number of carboxylic acids is 1. The first kappa shape index (κ1) is 24.6. The smallest absolute Gasteiger partial charge is 0.352 e. The molecule has 2 N–H and O–H groups in total. The van der Waals surface area contributed by atoms with Gasteiger partial charge in [-0.3, -0.25) is 0 Å². The van der Waals surface area contributed by atoms with Gasteiger partial charge in [0, 0.05) is 34.6 Å². The Morgan fingerprint density at radius 3 is 2.54 bits per heavy atom. The Hall–Kier alpha value is -3.55. The first-order chi connectivity index (χ1) is 16.9. The molecule has 35 heavy (non-hydrogen) atoms. The minimum Gasteiger partial charge on any atom is -0.493 e. The van der Waals surface area contributed by atoms with Crippen molar-refractivity contribution < 1.29 is 23.8 Å². The van der Waals surface area contributed by atoms with E-state index in [-0.39, 0.29) is 17.3 Å². The van der Waals surface area contributed by atoms with Crippen molar-refractivity contribution in [2.45, 2.75) is 19.5 Å². The van der Waals surface area contributed by atoms with E-state index in [1.54, 1.807) is 24.9 Å². The lowest BCUT2D eigenvalue weighted by atomic mass is 10.1. The summed E-state index contributed by atoms with van der Waals surface area (Å²) in [5, 5.41) is 14.6. The highest BCUT2D eigenvalue weighted by molar-refractivity contribution is 6.31. The molecule has 1 aromatic heterocycles. The Bertz CT molecular complexity index is 1370. The van der Waals surface area contributed by atoms with Crippen LogP contribution in [0.15, 0.2) is 60.7 Å². The molecule has 8 heteroatoms. The molecule has 0 spiro atoms. The molecule has 0 radical (unpaired) electrons. The molecule has 4 rings (SSSR count). The van der Waals surface area contributed by atoms with Crippen LogP contribution in [-0.2, 0) is 19.5 Å². The first-order valence-electron chi connectivity index (χ1n) is 11.1. The monoisotopic (exact) mass is 496 g/mol. The molecule has 0 fully saturated rings. The minimum absolute atomic E-state index is 0.185. The summed E-state index contributed by atoms with van der Waals surface area (Å²) in [6.07, 6.45) is 0.729. The molecule has 0 aliphatic rings. The molecule has 3 aromatic carbocycles. The van der Waals surface area contributed by atoms with E-state index in [1.807, 2.05) is 42.5 Å². The van der Waals surface area contributed by atoms with Crippen molar-refractivity contribution in [3.05, 3.63) is 93.9 Å². The molecule has 1 heterocycles. The Labute approximate surface area is 207 Å². The summed E-state index contributed by atoms with van der Waals surface area (Å²) < 4.78 is 25.9. The lowest BCUT2D eigenvalue weighted by molar-refractivity contribution is 0.0684. The van der Waals surface area contributed by atoms with Gasteiger partial charge in [-0.25, -0.2) is 9.18 Å². The fourth-order valence-corrected chi connectivity index (χ4v) is 4.49. The number of carbonyl (C=O) groups is 1. The Balaban J connectivity index is 1.58. The molecule has 0 bridgehead atoms. The van der Waals surface area contributed by atoms with Gasteiger partial charge in [-0.1, -0.05) is 41.9 Å². The normalized spacial score (nSPS) is 11.1. The maximum atomic E-state index is 13.5. The third kappa shape index (κ3) is 5.26. The zero-order valence-electron chi connectivity index (χ0n) is 19.5. The molecule has 4 aromatic rings. The Morgan fingerprint density at radius 2 is 1.83 bits per heavy atom. The number of carboxylic acid groups (broad SMARTS) is 1. The van der Waals surface area contributed by atoms with E-state index >= 15 is 0 Å². The van der Waals surface area contributed by atoms with Crippen LogP contribution in [0.25, 0.3) is 10.9 Å². The Morgan fingerprint density at radius 1 is 1.06 bits per heavy atom. The van der Waals surface area contributed by atoms with Crippen molar-refractivity contribution in [2.75, 3.05) is 20.8 Å². The third-order valence-electron chi connectivity index (χ3n) is 5.96. The van der Waals surface area contributed by atoms with E-state index in [0.29, 0.717) is 35.7 Å². The van der Waals surface area contributed by atoms with E-state index in [1.165, 1.54) is 12.1 Å². The summed E-state index contributed by atoms with van der Waals surface area (Å²) >= 11 is 6.24. The minimum atomic E-state index is -1.03. The summed E-state index contributed by atoms with van der Waals surface area (Å²) in [6, 6.07) is 17.5. The number of aromatic carboxylic acids is 1. The summed E-state index contributed by atoms with van der Waals surface area (Å²) in [4.78, 5) is 12.4. The van der Waals surface area contributed by atoms with E-state index < -0.39 is 11.8 Å². The number of ether oxygens (including phenoxy) is 2. The molecule has 0 aliphatic carbocycles. The number of aromatic nitrogens is 1. The second-order valence-corrected chi connectivity index (χ2v) is 8.49. The van der Waals surface area contributed by atoms with E-state index in [4.69, 9.17) is 21.1 Å². The summed E-state index contributed by atoms with van der Waals surface area (Å²) in [5.74, 6) is -0.130. The maximum absolute atomic E-state index is 13.5. The van der Waals surface area contributed by atoms with Crippen LogP contribution >= 0.6 is 11.6 Å². The number of nitrogens with zero attached hydrogens (tertiary/aromatic N) is 1. The summed E-state index contributed by atoms with van der Waals surface area (Å²) in [5.41, 5.74) is 3.37. The number of para-hydroxylation sites is 1. The largest absolute Gasteiger partial charge is 0.493 e. The number of hydrogen-bond donors (Lipinski definition) is 2. The van der Waals surface area contributed by atoms with E-state index in [2.05, 4.69) is 5.32 Å². The standard InChI is InChI=1S/C27H26ClFN2O4/c1-34-24-10-7-17(13-25(24)35-2)11-12-30-15-21-20-5-3-4-6-23(20)31(26(21)27(32)33)16-18-8-9-19(29)14-22(18)28/h3-10,13-14,30H,11-12,15-16H2,1-2H3,(H,32,33). The van der Waals surface area contributed by atoms with E-state index in [0.717, 1.165) is 22.9 Å². The predicted molar refractivity (Wildman–Crippen MR) is 134 cm³/mol. The third-order valence-corrected chi connectivity index (χ3v) is 6.31. The fraction of sp³-hybridized carbons (Fsp3) is 0.222. The molecule has 6 nitrogen and oxygen atoms in total. The van der Waals surface area contributed by atoms with Gasteiger partial charge in [0.05, 0.1) is 14.2 Å². The van der Waals surface area contributed by atoms with Crippen molar-refractivity contribution in [3.8, 4) is 11.5 Å². The lowest BCUT2D eigenvalue weighted by Crippen LogP contribution is -2.19. The van der Waals surface area contributed by atoms with Gasteiger partial charge in [-0.15, -0.1) is 0 Å². The molecule has 0 aliphatic heterocycles. The van der Waals surface area contributed by atoms with Gasteiger partial charge in [0.1, 0.15) is 11.5 Å². The molecule has 0 saturated heterocycles. The SMILES string of the molecule is COc1ccc(CCNCc2c(C(=O)O)n(Cc3ccc(F)cc3Cl)c3ccccc23)cc1OC. The summed E-state index contributed by atoms with van der Waals surface area (Å²) in [7, 11) is 3.20. The fourth-order valence-electron chi connectivity index (χ4n) is 4.27. The van der Waals surface area contributed by atoms with Crippen molar-refractivity contribution in [1.82, 2.24) is 9.88 Å². The van der Waals surface area contributed by atoms with Crippen molar-refractivity contribution in [1.29, 1.82) is 0 Å². The average molecular weight is 497 g/mol. The number of halogens is 2. The number of methoxy groups -OCH3 is 2. The zero-order chi connectivity index (χ0) is 24.9. The molecular weight excluding hydrogens is 471 g/mol. The highest BCUT2D eigenvalue weighted by atomic mass is 35.5. The van der Waals surface area contributed by atoms with Crippen LogP contribution < -0.4 is 14.8 Å². The highest BCUT2D eigenvalue weighted by Gasteiger charge is 2.22. The average Bonchev–Trinajstić information content (AvgIpc) is 3.16. The lowest BCUT2D eigenvalue weighted by Gasteiger charge is -2.12. The second kappa shape index (κ2) is 10.8. The first-order valence-corrected chi connectivity index (χ1v) is 11.5. The van der Waals surface area contributed by atoms with Crippen LogP contribution in [0.2, 0.25) is 5.02 Å². The van der Waals surface area contributed by atoms with Gasteiger partial charge < -0.3 is 24.5 Å². The van der Waals surface area contributed by atoms with Crippen LogP contribution in [0.1, 0.15) is 27.2 Å². The van der Waals surface area contributed by atoms with Crippen LogP contribution in [0.5, 0.6) is 11.5 Å². The molecular formula is C27H26ClFN2O4. The summed E-state index contributed by atoms with van der Waals surface area (Å²) in [6.45, 7) is 1.23. The van der Waals surface area contributed by atoms with Gasteiger partial charge >= 0.3 is 5.97 Å². The van der Waals surface area contributed by atoms with Crippen molar-refractivity contribution >= 4 is 28.5 Å². The quantitative estimate of drug-likeness (QED) is 0.282. The van der Waals surface area contributed by atoms with Gasteiger partial charge in [-0.2, -0.15) is 0 Å². The predicted octanol–water partition coefficient (Wildman–Crippen LogP) is 5.53. The molecule has 0 saturated carbocycles. The van der Waals surface area contributed by atoms with Gasteiger partial charge in [0.2, 0.25) is 0 Å². The van der Waals surface area contributed by atoms with Crippen LogP contribution in [-0.4, -0.2) is 36.4 Å². The van der Waals surface area contributed by atoms with Gasteiger partial charge in [0.15, 0.2) is 11.5 Å². The van der Waals surface area contributed by atoms with Crippen LogP contribution in [0.4, 0.5) is 4.39 Å². The number of benzene rings is 3. The molecule has 182 valence electrons. The molecule has 0 atom stereocenters. The van der Waals surface area contributed by atoms with Crippen molar-refractivity contribution in [3.63, 3.8) is 0 Å². The highest BCUT2D eigenvalue weighted by Crippen LogP contribution is 2.30. The number of rotatable bonds is 10. The number of hydrogen-bond acceptors (Lipinski definition) is 4. The van der Waals surface area contributed by atoms with Gasteiger partial charge in [-0.05, 0) is 54.4 Å². The zero-order valence-corrected chi connectivity index (χ0v) is 20.2. The van der Waals surface area contributed by atoms with Crippen LogP contribution in [0.3, 0.4) is 0 Å². The molecule has 0 amide bonds.